The third kappa shape index (κ3) is 8.94. The third-order valence-corrected chi connectivity index (χ3v) is 2.06. The van der Waals surface area contributed by atoms with E-state index in [0.717, 1.165) is 12.8 Å². The van der Waals surface area contributed by atoms with Crippen LogP contribution in [-0.2, 0) is 9.47 Å². The lowest BCUT2D eigenvalue weighted by atomic mass is 10.2. The van der Waals surface area contributed by atoms with Crippen LogP contribution in [0.3, 0.4) is 0 Å². The summed E-state index contributed by atoms with van der Waals surface area (Å²) >= 11 is 0. The molecule has 17 heavy (non-hydrogen) atoms. The fraction of sp³-hybridized carbons (Fsp3) is 0.917. The number of nitrogens with two attached hydrogens (primary N) is 1. The number of carbonyl (C=O) groups excluding carboxylic acids is 1. The van der Waals surface area contributed by atoms with Crippen LogP contribution in [0.25, 0.3) is 0 Å². The van der Waals surface area contributed by atoms with E-state index >= 15 is 0 Å². The largest absolute Gasteiger partial charge is 0.444 e. The monoisotopic (exact) mass is 246 g/mol. The number of methoxy groups -OCH3 is 1. The summed E-state index contributed by atoms with van der Waals surface area (Å²) in [6.45, 7) is 8.08. The first-order chi connectivity index (χ1) is 7.90. The Bertz CT molecular complexity index is 214. The van der Waals surface area contributed by atoms with E-state index in [0.29, 0.717) is 26.2 Å². The van der Waals surface area contributed by atoms with Gasteiger partial charge in [-0.2, -0.15) is 0 Å². The van der Waals surface area contributed by atoms with Crippen molar-refractivity contribution in [2.75, 3.05) is 33.4 Å². The number of ether oxygens (including phenoxy) is 2. The molecule has 0 saturated heterocycles. The lowest BCUT2D eigenvalue weighted by Crippen LogP contribution is -2.38. The summed E-state index contributed by atoms with van der Waals surface area (Å²) < 4.78 is 10.3. The van der Waals surface area contributed by atoms with Gasteiger partial charge in [-0.05, 0) is 40.2 Å². The first-order valence-corrected chi connectivity index (χ1v) is 6.07. The van der Waals surface area contributed by atoms with Crippen molar-refractivity contribution in [3.8, 4) is 0 Å². The van der Waals surface area contributed by atoms with E-state index in [1.165, 1.54) is 0 Å². The molecular formula is C12H26N2O3. The van der Waals surface area contributed by atoms with Crippen LogP contribution >= 0.6 is 0 Å². The Labute approximate surface area is 104 Å². The Morgan fingerprint density at radius 2 is 1.82 bits per heavy atom. The molecule has 2 N–H and O–H groups in total. The lowest BCUT2D eigenvalue weighted by molar-refractivity contribution is 0.0234. The summed E-state index contributed by atoms with van der Waals surface area (Å²) in [7, 11) is 1.65. The van der Waals surface area contributed by atoms with E-state index in [1.54, 1.807) is 12.0 Å². The highest BCUT2D eigenvalue weighted by Crippen LogP contribution is 2.10. The molecule has 0 spiro atoms. The van der Waals surface area contributed by atoms with E-state index < -0.39 is 5.60 Å². The maximum Gasteiger partial charge on any atom is 0.410 e. The molecule has 5 heteroatoms. The quantitative estimate of drug-likeness (QED) is 0.693. The average molecular weight is 246 g/mol. The highest BCUT2D eigenvalue weighted by Gasteiger charge is 2.21. The van der Waals surface area contributed by atoms with Crippen molar-refractivity contribution >= 4 is 6.09 Å². The van der Waals surface area contributed by atoms with Crippen LogP contribution in [0.4, 0.5) is 4.79 Å². The Kier molecular flexibility index (Phi) is 7.91. The molecule has 0 atom stereocenters. The first kappa shape index (κ1) is 16.2. The van der Waals surface area contributed by atoms with Gasteiger partial charge < -0.3 is 20.1 Å². The number of nitrogens with zero attached hydrogens (tertiary/aromatic N) is 1. The number of hydrogen-bond acceptors (Lipinski definition) is 4. The van der Waals surface area contributed by atoms with Crippen LogP contribution in [0.5, 0.6) is 0 Å². The molecule has 0 radical (unpaired) electrons. The van der Waals surface area contributed by atoms with Gasteiger partial charge in [-0.25, -0.2) is 4.79 Å². The molecule has 0 aromatic rings. The van der Waals surface area contributed by atoms with Crippen molar-refractivity contribution < 1.29 is 14.3 Å². The van der Waals surface area contributed by atoms with Gasteiger partial charge in [0, 0.05) is 26.8 Å². The summed E-state index contributed by atoms with van der Waals surface area (Å²) in [5.74, 6) is 0. The van der Waals surface area contributed by atoms with Gasteiger partial charge in [0.15, 0.2) is 0 Å². The second-order valence-electron chi connectivity index (χ2n) is 4.96. The zero-order valence-electron chi connectivity index (χ0n) is 11.5. The molecule has 0 aliphatic rings. The minimum absolute atomic E-state index is 0.276. The maximum absolute atomic E-state index is 11.9. The Morgan fingerprint density at radius 1 is 1.24 bits per heavy atom. The van der Waals surface area contributed by atoms with E-state index in [2.05, 4.69) is 0 Å². The minimum atomic E-state index is -0.459. The molecular weight excluding hydrogens is 220 g/mol. The van der Waals surface area contributed by atoms with Crippen LogP contribution in [0.15, 0.2) is 0 Å². The van der Waals surface area contributed by atoms with Gasteiger partial charge in [-0.15, -0.1) is 0 Å². The van der Waals surface area contributed by atoms with Crippen LogP contribution in [0.1, 0.15) is 33.6 Å². The predicted octanol–water partition coefficient (Wildman–Crippen LogP) is 1.61. The topological polar surface area (TPSA) is 64.8 Å². The smallest absolute Gasteiger partial charge is 0.410 e. The fourth-order valence-electron chi connectivity index (χ4n) is 1.30. The van der Waals surface area contributed by atoms with Crippen molar-refractivity contribution in [3.05, 3.63) is 0 Å². The van der Waals surface area contributed by atoms with Crippen LogP contribution in [-0.4, -0.2) is 49.9 Å². The van der Waals surface area contributed by atoms with E-state index in [9.17, 15) is 4.79 Å². The van der Waals surface area contributed by atoms with E-state index in [-0.39, 0.29) is 6.09 Å². The summed E-state index contributed by atoms with van der Waals surface area (Å²) in [6, 6.07) is 0. The molecule has 0 bridgehead atoms. The number of carbonyl (C=O) groups is 1. The second kappa shape index (κ2) is 8.31. The number of rotatable bonds is 7. The van der Waals surface area contributed by atoms with Gasteiger partial charge in [0.1, 0.15) is 5.60 Å². The summed E-state index contributed by atoms with van der Waals surface area (Å²) in [4.78, 5) is 13.6. The Morgan fingerprint density at radius 3 is 2.29 bits per heavy atom. The summed E-state index contributed by atoms with van der Waals surface area (Å²) in [5.41, 5.74) is 5.00. The highest BCUT2D eigenvalue weighted by molar-refractivity contribution is 5.68. The van der Waals surface area contributed by atoms with Gasteiger partial charge in [0.2, 0.25) is 0 Å². The molecule has 0 aliphatic carbocycles. The van der Waals surface area contributed by atoms with Crippen LogP contribution < -0.4 is 5.73 Å². The molecule has 0 fully saturated rings. The third-order valence-electron chi connectivity index (χ3n) is 2.06. The highest BCUT2D eigenvalue weighted by atomic mass is 16.6. The van der Waals surface area contributed by atoms with Gasteiger partial charge in [-0.3, -0.25) is 0 Å². The SMILES string of the molecule is COCCCN(CCCN)C(=O)OC(C)(C)C. The zero-order chi connectivity index (χ0) is 13.3. The van der Waals surface area contributed by atoms with E-state index in [1.807, 2.05) is 20.8 Å². The molecule has 0 heterocycles. The van der Waals surface area contributed by atoms with E-state index in [4.69, 9.17) is 15.2 Å². The molecule has 0 unspecified atom stereocenters. The molecule has 0 aromatic carbocycles. The van der Waals surface area contributed by atoms with Crippen molar-refractivity contribution in [3.63, 3.8) is 0 Å². The predicted molar refractivity (Wildman–Crippen MR) is 68.0 cm³/mol. The van der Waals surface area contributed by atoms with Gasteiger partial charge >= 0.3 is 6.09 Å². The van der Waals surface area contributed by atoms with Gasteiger partial charge in [-0.1, -0.05) is 0 Å². The number of hydrogen-bond donors (Lipinski definition) is 1. The van der Waals surface area contributed by atoms with Crippen LogP contribution in [0, 0.1) is 0 Å². The molecule has 0 rings (SSSR count). The standard InChI is InChI=1S/C12H26N2O3/c1-12(2,3)17-11(15)14(8-5-7-13)9-6-10-16-4/h5-10,13H2,1-4H3. The molecule has 1 amide bonds. The number of amides is 1. The van der Waals surface area contributed by atoms with Crippen LogP contribution in [0.2, 0.25) is 0 Å². The minimum Gasteiger partial charge on any atom is -0.444 e. The molecule has 0 aromatic heterocycles. The maximum atomic E-state index is 11.9. The zero-order valence-corrected chi connectivity index (χ0v) is 11.5. The second-order valence-corrected chi connectivity index (χ2v) is 4.96. The van der Waals surface area contributed by atoms with Crippen molar-refractivity contribution in [2.45, 2.75) is 39.2 Å². The molecule has 5 nitrogen and oxygen atoms in total. The van der Waals surface area contributed by atoms with Gasteiger partial charge in [0.25, 0.3) is 0 Å². The van der Waals surface area contributed by atoms with Gasteiger partial charge in [0.05, 0.1) is 0 Å². The lowest BCUT2D eigenvalue weighted by Gasteiger charge is -2.27. The van der Waals surface area contributed by atoms with Crippen molar-refractivity contribution in [1.82, 2.24) is 4.90 Å². The molecule has 0 aliphatic heterocycles. The average Bonchev–Trinajstić information content (AvgIpc) is 2.20. The normalized spacial score (nSPS) is 11.4. The summed E-state index contributed by atoms with van der Waals surface area (Å²) in [6.07, 6.45) is 1.31. The Hall–Kier alpha value is -0.810. The van der Waals surface area contributed by atoms with Crippen molar-refractivity contribution in [2.24, 2.45) is 5.73 Å². The summed E-state index contributed by atoms with van der Waals surface area (Å²) in [5, 5.41) is 0. The molecule has 102 valence electrons. The fourth-order valence-corrected chi connectivity index (χ4v) is 1.30. The van der Waals surface area contributed by atoms with Crippen molar-refractivity contribution in [1.29, 1.82) is 0 Å². The Balaban J connectivity index is 4.19. The molecule has 0 saturated carbocycles. The first-order valence-electron chi connectivity index (χ1n) is 6.07.